The molecule has 21 heavy (non-hydrogen) atoms. The third-order valence-electron chi connectivity index (χ3n) is 3.07. The lowest BCUT2D eigenvalue weighted by atomic mass is 10.1. The highest BCUT2D eigenvalue weighted by Crippen LogP contribution is 2.20. The lowest BCUT2D eigenvalue weighted by molar-refractivity contribution is -0.116. The van der Waals surface area contributed by atoms with Crippen LogP contribution in [0.3, 0.4) is 0 Å². The van der Waals surface area contributed by atoms with E-state index in [4.69, 9.17) is 0 Å². The normalized spacial score (nSPS) is 10.2. The first-order chi connectivity index (χ1) is 10.0. The van der Waals surface area contributed by atoms with Gasteiger partial charge in [0.25, 0.3) is 0 Å². The maximum atomic E-state index is 13.6. The van der Waals surface area contributed by atoms with E-state index in [2.05, 4.69) is 17.6 Å². The number of hydrogen-bond donors (Lipinski definition) is 2. The molecule has 0 fully saturated rings. The fraction of sp³-hybridized carbons (Fsp3) is 0.500. The first kappa shape index (κ1) is 17.1. The van der Waals surface area contributed by atoms with Crippen LogP contribution in [0.15, 0.2) is 18.2 Å². The van der Waals surface area contributed by atoms with Crippen molar-refractivity contribution in [2.24, 2.45) is 0 Å². The Morgan fingerprint density at radius 2 is 1.81 bits per heavy atom. The first-order valence-corrected chi connectivity index (χ1v) is 7.40. The van der Waals surface area contributed by atoms with Gasteiger partial charge in [0.05, 0.1) is 5.69 Å². The van der Waals surface area contributed by atoms with E-state index >= 15 is 0 Å². The molecule has 1 aromatic carbocycles. The summed E-state index contributed by atoms with van der Waals surface area (Å²) < 4.78 is 13.6. The van der Waals surface area contributed by atoms with Crippen LogP contribution in [0.4, 0.5) is 15.8 Å². The van der Waals surface area contributed by atoms with Crippen LogP contribution in [0.2, 0.25) is 0 Å². The third-order valence-corrected chi connectivity index (χ3v) is 3.07. The number of halogens is 1. The molecule has 0 atom stereocenters. The standard InChI is InChI=1S/C16H23FN2O2/c1-3-4-5-6-7-8-16(21)19-15-11-13(18-12(2)20)9-10-14(15)17/h9-11H,3-8H2,1-2H3,(H,18,20)(H,19,21). The molecular formula is C16H23FN2O2. The molecule has 4 nitrogen and oxygen atoms in total. The minimum Gasteiger partial charge on any atom is -0.326 e. The maximum Gasteiger partial charge on any atom is 0.224 e. The fourth-order valence-electron chi connectivity index (χ4n) is 2.00. The van der Waals surface area contributed by atoms with E-state index in [1.165, 1.54) is 31.5 Å². The number of benzene rings is 1. The van der Waals surface area contributed by atoms with Crippen molar-refractivity contribution in [3.05, 3.63) is 24.0 Å². The van der Waals surface area contributed by atoms with E-state index in [1.807, 2.05) is 0 Å². The predicted molar refractivity (Wildman–Crippen MR) is 82.7 cm³/mol. The van der Waals surface area contributed by atoms with Crippen LogP contribution in [0.25, 0.3) is 0 Å². The zero-order chi connectivity index (χ0) is 15.7. The summed E-state index contributed by atoms with van der Waals surface area (Å²) in [5, 5.41) is 5.10. The number of amides is 2. The molecule has 2 amide bonds. The van der Waals surface area contributed by atoms with Crippen molar-refractivity contribution >= 4 is 23.2 Å². The van der Waals surface area contributed by atoms with Crippen LogP contribution in [0.5, 0.6) is 0 Å². The van der Waals surface area contributed by atoms with Crippen LogP contribution < -0.4 is 10.6 Å². The van der Waals surface area contributed by atoms with Gasteiger partial charge in [-0.2, -0.15) is 0 Å². The summed E-state index contributed by atoms with van der Waals surface area (Å²) in [5.74, 6) is -0.955. The van der Waals surface area contributed by atoms with Crippen LogP contribution >= 0.6 is 0 Å². The summed E-state index contributed by atoms with van der Waals surface area (Å²) in [5.41, 5.74) is 0.557. The minimum atomic E-state index is -0.511. The highest BCUT2D eigenvalue weighted by molar-refractivity contribution is 5.93. The minimum absolute atomic E-state index is 0.0970. The van der Waals surface area contributed by atoms with Crippen molar-refractivity contribution in [2.75, 3.05) is 10.6 Å². The molecule has 0 unspecified atom stereocenters. The van der Waals surface area contributed by atoms with Gasteiger partial charge in [-0.15, -0.1) is 0 Å². The Morgan fingerprint density at radius 1 is 1.10 bits per heavy atom. The molecule has 0 spiro atoms. The molecule has 116 valence electrons. The first-order valence-electron chi connectivity index (χ1n) is 7.40. The van der Waals surface area contributed by atoms with Crippen molar-refractivity contribution in [1.82, 2.24) is 0 Å². The molecule has 0 saturated carbocycles. The van der Waals surface area contributed by atoms with Gasteiger partial charge in [-0.25, -0.2) is 4.39 Å². The number of unbranched alkanes of at least 4 members (excludes halogenated alkanes) is 4. The highest BCUT2D eigenvalue weighted by Gasteiger charge is 2.08. The molecule has 2 N–H and O–H groups in total. The van der Waals surface area contributed by atoms with E-state index in [0.29, 0.717) is 12.1 Å². The van der Waals surface area contributed by atoms with Gasteiger partial charge in [-0.1, -0.05) is 32.6 Å². The number of carbonyl (C=O) groups excluding carboxylic acids is 2. The molecule has 0 aliphatic carbocycles. The lowest BCUT2D eigenvalue weighted by Crippen LogP contribution is -2.13. The quantitative estimate of drug-likeness (QED) is 0.710. The SMILES string of the molecule is CCCCCCCC(=O)Nc1cc(NC(C)=O)ccc1F. The summed E-state index contributed by atoms with van der Waals surface area (Å²) >= 11 is 0. The van der Waals surface area contributed by atoms with Gasteiger partial charge in [0.15, 0.2) is 0 Å². The Kier molecular flexibility index (Phi) is 7.43. The number of anilines is 2. The third kappa shape index (κ3) is 6.88. The Labute approximate surface area is 125 Å². The average Bonchev–Trinajstić information content (AvgIpc) is 2.42. The van der Waals surface area contributed by atoms with Gasteiger partial charge in [0.2, 0.25) is 11.8 Å². The van der Waals surface area contributed by atoms with Crippen LogP contribution in [-0.2, 0) is 9.59 Å². The number of carbonyl (C=O) groups is 2. The maximum absolute atomic E-state index is 13.6. The van der Waals surface area contributed by atoms with Gasteiger partial charge >= 0.3 is 0 Å². The second-order valence-corrected chi connectivity index (χ2v) is 5.09. The van der Waals surface area contributed by atoms with Gasteiger partial charge in [-0.3, -0.25) is 9.59 Å². The summed E-state index contributed by atoms with van der Waals surface area (Å²) in [4.78, 5) is 22.7. The Balaban J connectivity index is 2.49. The van der Waals surface area contributed by atoms with Gasteiger partial charge in [-0.05, 0) is 24.6 Å². The molecular weight excluding hydrogens is 271 g/mol. The molecule has 5 heteroatoms. The predicted octanol–water partition coefficient (Wildman–Crippen LogP) is 4.08. The van der Waals surface area contributed by atoms with Crippen molar-refractivity contribution in [1.29, 1.82) is 0 Å². The van der Waals surface area contributed by atoms with Gasteiger partial charge < -0.3 is 10.6 Å². The second-order valence-electron chi connectivity index (χ2n) is 5.09. The van der Waals surface area contributed by atoms with E-state index in [9.17, 15) is 14.0 Å². The van der Waals surface area contributed by atoms with Crippen molar-refractivity contribution < 1.29 is 14.0 Å². The summed E-state index contributed by atoms with van der Waals surface area (Å²) in [7, 11) is 0. The molecule has 1 aromatic rings. The van der Waals surface area contributed by atoms with Gasteiger partial charge in [0, 0.05) is 19.0 Å². The van der Waals surface area contributed by atoms with Crippen molar-refractivity contribution in [3.8, 4) is 0 Å². The smallest absolute Gasteiger partial charge is 0.224 e. The monoisotopic (exact) mass is 294 g/mol. The largest absolute Gasteiger partial charge is 0.326 e. The Bertz CT molecular complexity index is 489. The average molecular weight is 294 g/mol. The topological polar surface area (TPSA) is 58.2 Å². The number of hydrogen-bond acceptors (Lipinski definition) is 2. The molecule has 0 bridgehead atoms. The van der Waals surface area contributed by atoms with Gasteiger partial charge in [0.1, 0.15) is 5.82 Å². The van der Waals surface area contributed by atoms with E-state index < -0.39 is 5.82 Å². The van der Waals surface area contributed by atoms with Crippen molar-refractivity contribution in [2.45, 2.75) is 52.4 Å². The molecule has 1 rings (SSSR count). The summed E-state index contributed by atoms with van der Waals surface area (Å²) in [6.07, 6.45) is 5.65. The summed E-state index contributed by atoms with van der Waals surface area (Å²) in [6.45, 7) is 3.51. The molecule has 0 aromatic heterocycles. The second kappa shape index (κ2) is 9.10. The van der Waals surface area contributed by atoms with Crippen LogP contribution in [-0.4, -0.2) is 11.8 Å². The van der Waals surface area contributed by atoms with Crippen LogP contribution in [0, 0.1) is 5.82 Å². The molecule has 0 saturated heterocycles. The number of rotatable bonds is 8. The van der Waals surface area contributed by atoms with E-state index in [-0.39, 0.29) is 17.5 Å². The number of nitrogens with one attached hydrogen (secondary N) is 2. The van der Waals surface area contributed by atoms with E-state index in [1.54, 1.807) is 0 Å². The van der Waals surface area contributed by atoms with E-state index in [0.717, 1.165) is 25.7 Å². The lowest BCUT2D eigenvalue weighted by Gasteiger charge is -2.09. The van der Waals surface area contributed by atoms with Crippen molar-refractivity contribution in [3.63, 3.8) is 0 Å². The van der Waals surface area contributed by atoms with Crippen LogP contribution in [0.1, 0.15) is 52.4 Å². The molecule has 0 heterocycles. The Hall–Kier alpha value is -1.91. The summed E-state index contributed by atoms with van der Waals surface area (Å²) in [6, 6.07) is 4.10. The molecule has 0 radical (unpaired) electrons. The molecule has 0 aliphatic heterocycles. The molecule has 0 aliphatic rings. The Morgan fingerprint density at radius 3 is 2.48 bits per heavy atom. The highest BCUT2D eigenvalue weighted by atomic mass is 19.1. The zero-order valence-electron chi connectivity index (χ0n) is 12.7. The fourth-order valence-corrected chi connectivity index (χ4v) is 2.00. The zero-order valence-corrected chi connectivity index (χ0v) is 12.7.